The van der Waals surface area contributed by atoms with Crippen molar-refractivity contribution in [3.63, 3.8) is 0 Å². The number of rotatable bonds is 1. The molecule has 2 heteroatoms. The Balaban J connectivity index is 1.22. The second-order valence-electron chi connectivity index (χ2n) is 11.7. The fraction of sp³-hybridized carbons (Fsp3) is 0.0513. The van der Waals surface area contributed by atoms with E-state index in [0.717, 1.165) is 33.1 Å². The molecule has 0 amide bonds. The zero-order valence-corrected chi connectivity index (χ0v) is 22.4. The van der Waals surface area contributed by atoms with Crippen LogP contribution < -0.4 is 0 Å². The molecule has 41 heavy (non-hydrogen) atoms. The van der Waals surface area contributed by atoms with Gasteiger partial charge in [0.1, 0.15) is 11.2 Å². The van der Waals surface area contributed by atoms with E-state index in [1.54, 1.807) is 0 Å². The second-order valence-corrected chi connectivity index (χ2v) is 11.7. The van der Waals surface area contributed by atoms with Gasteiger partial charge >= 0.3 is 0 Å². The minimum Gasteiger partial charge on any atom is -0.456 e. The lowest BCUT2D eigenvalue weighted by atomic mass is 9.80. The van der Waals surface area contributed by atoms with Gasteiger partial charge in [-0.1, -0.05) is 84.9 Å². The Kier molecular flexibility index (Phi) is 3.84. The molecule has 0 saturated heterocycles. The molecular formula is C39H23NO. The minimum atomic E-state index is -0.318. The summed E-state index contributed by atoms with van der Waals surface area (Å²) in [6.07, 6.45) is 0. The van der Waals surface area contributed by atoms with Crippen LogP contribution in [0.1, 0.15) is 23.7 Å². The van der Waals surface area contributed by atoms with E-state index in [1.165, 1.54) is 60.7 Å². The molecule has 0 radical (unpaired) electrons. The van der Waals surface area contributed by atoms with Gasteiger partial charge in [0.2, 0.25) is 0 Å². The number of pyridine rings is 1. The summed E-state index contributed by atoms with van der Waals surface area (Å²) >= 11 is 0. The minimum absolute atomic E-state index is 0.318. The third kappa shape index (κ3) is 2.61. The Labute approximate surface area is 236 Å². The van der Waals surface area contributed by atoms with Gasteiger partial charge in [-0.05, 0) is 93.0 Å². The molecule has 10 rings (SSSR count). The fourth-order valence-corrected chi connectivity index (χ4v) is 7.73. The lowest BCUT2D eigenvalue weighted by Crippen LogP contribution is -2.20. The first-order chi connectivity index (χ1) is 20.2. The van der Waals surface area contributed by atoms with Crippen LogP contribution in [-0.4, -0.2) is 4.98 Å². The summed E-state index contributed by atoms with van der Waals surface area (Å²) in [6.45, 7) is 2.35. The van der Waals surface area contributed by atoms with Crippen molar-refractivity contribution in [2.75, 3.05) is 0 Å². The molecule has 0 N–H and O–H groups in total. The van der Waals surface area contributed by atoms with Crippen molar-refractivity contribution in [2.24, 2.45) is 0 Å². The summed E-state index contributed by atoms with van der Waals surface area (Å²) in [6, 6.07) is 43.9. The quantitative estimate of drug-likeness (QED) is 0.215. The van der Waals surface area contributed by atoms with Gasteiger partial charge in [-0.15, -0.1) is 0 Å². The van der Waals surface area contributed by atoms with Crippen LogP contribution in [0.4, 0.5) is 0 Å². The number of hydrogen-bond donors (Lipinski definition) is 0. The standard InChI is InChI=1S/C39H23NO/c1-39-33-21-36-31(27-17-16-23(19-35(27)41-36)26-12-6-10-22-8-2-4-11-25(22)26)20-30(33)28-13-7-14-29(37(28)39)32-18-24-9-3-5-15-34(24)40-38(32)39/h2-21H,1H3/t39-/m0/s1. The van der Waals surface area contributed by atoms with E-state index in [4.69, 9.17) is 9.40 Å². The lowest BCUT2D eigenvalue weighted by molar-refractivity contribution is 0.663. The number of aromatic nitrogens is 1. The van der Waals surface area contributed by atoms with Crippen molar-refractivity contribution in [2.45, 2.75) is 12.3 Å². The van der Waals surface area contributed by atoms with Crippen LogP contribution in [0.25, 0.3) is 77.0 Å². The highest BCUT2D eigenvalue weighted by molar-refractivity contribution is 6.10. The first-order valence-electron chi connectivity index (χ1n) is 14.2. The molecule has 6 aromatic carbocycles. The Morgan fingerprint density at radius 3 is 2.20 bits per heavy atom. The number of benzene rings is 6. The van der Waals surface area contributed by atoms with E-state index in [1.807, 2.05) is 0 Å². The van der Waals surface area contributed by atoms with Crippen molar-refractivity contribution < 1.29 is 4.42 Å². The molecular weight excluding hydrogens is 498 g/mol. The Morgan fingerprint density at radius 2 is 1.27 bits per heavy atom. The van der Waals surface area contributed by atoms with Crippen molar-refractivity contribution in [1.82, 2.24) is 4.98 Å². The van der Waals surface area contributed by atoms with Gasteiger partial charge in [0.15, 0.2) is 0 Å². The van der Waals surface area contributed by atoms with Crippen LogP contribution in [0.2, 0.25) is 0 Å². The highest BCUT2D eigenvalue weighted by Crippen LogP contribution is 2.61. The number of furan rings is 1. The highest BCUT2D eigenvalue weighted by Gasteiger charge is 2.49. The summed E-state index contributed by atoms with van der Waals surface area (Å²) in [5.74, 6) is 0. The van der Waals surface area contributed by atoms with Crippen molar-refractivity contribution in [3.8, 4) is 33.4 Å². The van der Waals surface area contributed by atoms with Gasteiger partial charge < -0.3 is 4.42 Å². The molecule has 2 heterocycles. The second kappa shape index (κ2) is 7.30. The summed E-state index contributed by atoms with van der Waals surface area (Å²) in [7, 11) is 0. The Hall–Kier alpha value is -5.21. The molecule has 2 aromatic heterocycles. The monoisotopic (exact) mass is 521 g/mol. The molecule has 2 nitrogen and oxygen atoms in total. The van der Waals surface area contributed by atoms with E-state index in [2.05, 4.69) is 128 Å². The normalized spacial score (nSPS) is 16.5. The molecule has 0 aliphatic heterocycles. The lowest BCUT2D eigenvalue weighted by Gasteiger charge is -2.23. The molecule has 2 aliphatic carbocycles. The number of hydrogen-bond acceptors (Lipinski definition) is 2. The molecule has 1 atom stereocenters. The van der Waals surface area contributed by atoms with Gasteiger partial charge in [-0.3, -0.25) is 4.98 Å². The SMILES string of the molecule is C[C@]12c3cc4oc5cc(-c6cccc7ccccc67)ccc5c4cc3-c3cccc(c31)-c1cc3ccccc3nc12. The largest absolute Gasteiger partial charge is 0.456 e. The van der Waals surface area contributed by atoms with Crippen LogP contribution in [0.15, 0.2) is 126 Å². The number of para-hydroxylation sites is 1. The maximum absolute atomic E-state index is 6.64. The first kappa shape index (κ1) is 21.6. The van der Waals surface area contributed by atoms with Crippen LogP contribution in [-0.2, 0) is 5.41 Å². The van der Waals surface area contributed by atoms with Gasteiger partial charge in [-0.25, -0.2) is 0 Å². The van der Waals surface area contributed by atoms with Gasteiger partial charge in [0.25, 0.3) is 0 Å². The molecule has 190 valence electrons. The smallest absolute Gasteiger partial charge is 0.136 e. The number of nitrogens with zero attached hydrogens (tertiary/aromatic N) is 1. The van der Waals surface area contributed by atoms with Crippen LogP contribution in [0.3, 0.4) is 0 Å². The van der Waals surface area contributed by atoms with Crippen molar-refractivity contribution in [1.29, 1.82) is 0 Å². The Morgan fingerprint density at radius 1 is 0.537 bits per heavy atom. The van der Waals surface area contributed by atoms with E-state index in [0.29, 0.717) is 0 Å². The molecule has 0 saturated carbocycles. The number of fused-ring (bicyclic) bond motifs is 11. The zero-order chi connectivity index (χ0) is 26.9. The van der Waals surface area contributed by atoms with Gasteiger partial charge in [-0.2, -0.15) is 0 Å². The van der Waals surface area contributed by atoms with Crippen molar-refractivity contribution >= 4 is 43.6 Å². The van der Waals surface area contributed by atoms with Crippen LogP contribution >= 0.6 is 0 Å². The molecule has 0 fully saturated rings. The summed E-state index contributed by atoms with van der Waals surface area (Å²) < 4.78 is 6.64. The topological polar surface area (TPSA) is 26.0 Å². The predicted molar refractivity (Wildman–Crippen MR) is 168 cm³/mol. The molecule has 2 aliphatic rings. The predicted octanol–water partition coefficient (Wildman–Crippen LogP) is 10.3. The first-order valence-corrected chi connectivity index (χ1v) is 14.2. The molecule has 0 bridgehead atoms. The van der Waals surface area contributed by atoms with Crippen molar-refractivity contribution in [3.05, 3.63) is 138 Å². The zero-order valence-electron chi connectivity index (χ0n) is 22.4. The van der Waals surface area contributed by atoms with E-state index < -0.39 is 0 Å². The molecule has 0 unspecified atom stereocenters. The van der Waals surface area contributed by atoms with Crippen LogP contribution in [0.5, 0.6) is 0 Å². The fourth-order valence-electron chi connectivity index (χ4n) is 7.73. The third-order valence-electron chi connectivity index (χ3n) is 9.59. The summed E-state index contributed by atoms with van der Waals surface area (Å²) in [5, 5.41) is 6.00. The van der Waals surface area contributed by atoms with E-state index in [9.17, 15) is 0 Å². The molecule has 0 spiro atoms. The highest BCUT2D eigenvalue weighted by atomic mass is 16.3. The summed E-state index contributed by atoms with van der Waals surface area (Å²) in [4.78, 5) is 5.29. The van der Waals surface area contributed by atoms with Gasteiger partial charge in [0.05, 0.1) is 16.6 Å². The molecule has 8 aromatic rings. The maximum atomic E-state index is 6.64. The average molecular weight is 522 g/mol. The maximum Gasteiger partial charge on any atom is 0.136 e. The average Bonchev–Trinajstić information content (AvgIpc) is 3.60. The van der Waals surface area contributed by atoms with Crippen LogP contribution in [0, 0.1) is 0 Å². The Bertz CT molecular complexity index is 2440. The van der Waals surface area contributed by atoms with E-state index in [-0.39, 0.29) is 5.41 Å². The third-order valence-corrected chi connectivity index (χ3v) is 9.59. The van der Waals surface area contributed by atoms with E-state index >= 15 is 0 Å². The van der Waals surface area contributed by atoms with Gasteiger partial charge in [0, 0.05) is 21.7 Å². The summed E-state index contributed by atoms with van der Waals surface area (Å²) in [5.41, 5.74) is 13.9.